The summed E-state index contributed by atoms with van der Waals surface area (Å²) in [6, 6.07) is 0. The second-order valence-electron chi connectivity index (χ2n) is 17.6. The maximum absolute atomic E-state index is 10.5. The lowest BCUT2D eigenvalue weighted by atomic mass is 9.99. The Labute approximate surface area is 444 Å². The van der Waals surface area contributed by atoms with E-state index in [-0.39, 0.29) is 0 Å². The van der Waals surface area contributed by atoms with Crippen LogP contribution in [0.1, 0.15) is 6.92 Å². The first-order valence-electron chi connectivity index (χ1n) is 23.5. The van der Waals surface area contributed by atoms with Crippen LogP contribution in [0.5, 0.6) is 0 Å². The maximum atomic E-state index is 10.5. The third-order valence-electron chi connectivity index (χ3n) is 12.4. The molecule has 0 radical (unpaired) electrons. The molecule has 0 aromatic heterocycles. The minimum atomic E-state index is -1.67. The van der Waals surface area contributed by atoms with Gasteiger partial charge >= 0.3 is 5.97 Å². The molecule has 36 heteroatoms. The second kappa shape index (κ2) is 36.0. The molecule has 6 aliphatic rings. The predicted octanol–water partition coefficient (Wildman–Crippen LogP) is -14.3. The van der Waals surface area contributed by atoms with Crippen molar-refractivity contribution in [1.82, 2.24) is 0 Å². The number of aliphatic hydroxyl groups is 22. The molecule has 0 spiro atoms. The average Bonchev–Trinajstić information content (AvgIpc) is 3.43. The molecule has 0 aliphatic carbocycles. The van der Waals surface area contributed by atoms with Crippen LogP contribution < -0.4 is 0 Å². The summed E-state index contributed by atoms with van der Waals surface area (Å²) in [5, 5.41) is 210. The fraction of sp³-hybridized carbons (Fsp3) is 0.976. The van der Waals surface area contributed by atoms with Crippen LogP contribution in [0.2, 0.25) is 0 Å². The number of rotatable bonds is 11. The van der Waals surface area contributed by atoms with Crippen molar-refractivity contribution in [2.45, 2.75) is 191 Å². The zero-order valence-corrected chi connectivity index (χ0v) is 43.2. The van der Waals surface area contributed by atoms with Crippen molar-refractivity contribution in [2.24, 2.45) is 0 Å². The Morgan fingerprint density at radius 3 is 0.692 bits per heavy atom. The molecule has 6 aliphatic heterocycles. The minimum absolute atomic E-state index is 0.440. The fourth-order valence-corrected chi connectivity index (χ4v) is 7.50. The third-order valence-corrected chi connectivity index (χ3v) is 12.4. The van der Waals surface area contributed by atoms with Crippen LogP contribution in [-0.4, -0.2) is 377 Å². The lowest BCUT2D eigenvalue weighted by Gasteiger charge is -2.38. The summed E-state index contributed by atoms with van der Waals surface area (Å²) in [7, 11) is 7.75. The Bertz CT molecular complexity index is 1370. The summed E-state index contributed by atoms with van der Waals surface area (Å²) in [4.78, 5) is 10.5. The molecule has 6 heterocycles. The highest BCUT2D eigenvalue weighted by atomic mass is 16.7. The van der Waals surface area contributed by atoms with Crippen LogP contribution in [0, 0.1) is 0 Å². The number of aliphatic hydroxyl groups excluding tert-OH is 22. The summed E-state index contributed by atoms with van der Waals surface area (Å²) in [5.74, 6) is -1.43. The maximum Gasteiger partial charge on any atom is 0.335 e. The van der Waals surface area contributed by atoms with Gasteiger partial charge < -0.3 is 174 Å². The predicted molar refractivity (Wildman–Crippen MR) is 244 cm³/mol. The highest BCUT2D eigenvalue weighted by molar-refractivity contribution is 5.73. The standard InChI is InChI=1S/C7H12O7.4C7H14O6.C7H14O5/c1-13-7-4(10)2(8)3(9)5(14-7)6(11)12;4*1-12-7-6(11)5(10)4(9)3(2-8)13-7;1-3-4(8)5(9)6(10)7(11-2)12-3/h2-5,7-10H,1H3,(H,11,12);4*3-11H,2H2,1H3;3-10H,1-2H3/t2-,3-,4+,5-,7+;3-,4+,5+,6-,7+;3-,4+,5+,6-,7-;3-,4-,5+,6-,7+;3-,4-,5+,6-,7-;3-,4-,5+,6-,7+/m011111/s1. The smallest absolute Gasteiger partial charge is 0.335 e. The van der Waals surface area contributed by atoms with Gasteiger partial charge in [0.15, 0.2) is 43.8 Å². The third kappa shape index (κ3) is 19.6. The molecule has 78 heavy (non-hydrogen) atoms. The van der Waals surface area contributed by atoms with Crippen molar-refractivity contribution in [1.29, 1.82) is 0 Å². The normalized spacial score (nSPS) is 46.3. The quantitative estimate of drug-likeness (QED) is 0.0913. The van der Waals surface area contributed by atoms with Crippen LogP contribution in [0.25, 0.3) is 0 Å². The van der Waals surface area contributed by atoms with E-state index in [9.17, 15) is 96.7 Å². The van der Waals surface area contributed by atoms with Crippen molar-refractivity contribution in [3.05, 3.63) is 0 Å². The van der Waals surface area contributed by atoms with E-state index in [0.29, 0.717) is 0 Å². The van der Waals surface area contributed by atoms with Gasteiger partial charge in [-0.3, -0.25) is 0 Å². The van der Waals surface area contributed by atoms with Crippen LogP contribution >= 0.6 is 0 Å². The first kappa shape index (κ1) is 74.1. The van der Waals surface area contributed by atoms with Gasteiger partial charge in [-0.2, -0.15) is 0 Å². The van der Waals surface area contributed by atoms with E-state index in [1.165, 1.54) is 42.7 Å². The molecule has 6 fully saturated rings. The van der Waals surface area contributed by atoms with Gasteiger partial charge in [-0.1, -0.05) is 0 Å². The number of hydrogen-bond donors (Lipinski definition) is 23. The van der Waals surface area contributed by atoms with Gasteiger partial charge in [0.05, 0.1) is 32.5 Å². The van der Waals surface area contributed by atoms with E-state index in [1.807, 2.05) is 0 Å². The highest BCUT2D eigenvalue weighted by Crippen LogP contribution is 2.26. The van der Waals surface area contributed by atoms with Crippen molar-refractivity contribution in [2.75, 3.05) is 69.1 Å². The van der Waals surface area contributed by atoms with E-state index in [0.717, 1.165) is 0 Å². The van der Waals surface area contributed by atoms with Gasteiger partial charge in [-0.25, -0.2) is 4.79 Å². The molecular formula is C42H82O36. The van der Waals surface area contributed by atoms with Crippen molar-refractivity contribution >= 4 is 5.97 Å². The molecule has 6 saturated heterocycles. The van der Waals surface area contributed by atoms with Gasteiger partial charge in [-0.05, 0) is 6.92 Å². The number of carboxylic acids is 1. The molecule has 23 N–H and O–H groups in total. The number of carbonyl (C=O) groups is 1. The van der Waals surface area contributed by atoms with Crippen LogP contribution in [0.4, 0.5) is 0 Å². The first-order valence-corrected chi connectivity index (χ1v) is 23.5. The van der Waals surface area contributed by atoms with E-state index < -0.39 is 217 Å². The van der Waals surface area contributed by atoms with Crippen molar-refractivity contribution in [3.63, 3.8) is 0 Å². The Kier molecular flexibility index (Phi) is 34.2. The fourth-order valence-electron chi connectivity index (χ4n) is 7.50. The van der Waals surface area contributed by atoms with E-state index in [4.69, 9.17) is 77.6 Å². The molecule has 30 atom stereocenters. The Morgan fingerprint density at radius 2 is 0.487 bits per heavy atom. The summed E-state index contributed by atoms with van der Waals surface area (Å²) in [6.45, 7) is -0.156. The molecule has 0 amide bonds. The van der Waals surface area contributed by atoms with Gasteiger partial charge in [0.1, 0.15) is 134 Å². The van der Waals surface area contributed by atoms with Gasteiger partial charge in [0.2, 0.25) is 0 Å². The molecule has 0 unspecified atom stereocenters. The van der Waals surface area contributed by atoms with Crippen molar-refractivity contribution < 1.29 is 179 Å². The lowest BCUT2D eigenvalue weighted by Crippen LogP contribution is -2.60. The number of hydrogen-bond acceptors (Lipinski definition) is 35. The van der Waals surface area contributed by atoms with Crippen molar-refractivity contribution in [3.8, 4) is 0 Å². The Balaban J connectivity index is 0.000000468. The summed E-state index contributed by atoms with van der Waals surface area (Å²) < 4.78 is 57.7. The van der Waals surface area contributed by atoms with E-state index >= 15 is 0 Å². The SMILES string of the molecule is CO[C@@H]1O[C@H](C(=O)O)[C@@H](O)[C@H](O)[C@H]1O.CO[C@@H]1O[C@H](CO)[C@@H](O)[C@H](O)[C@H]1O.CO[C@@H]1O[C@H](CO)[C@H](O)[C@H](O)[C@H]1O.CO[C@H]1O[C@H](C)[C@@H](O)[C@H](O)[C@H]1O.CO[C@H]1O[C@H](CO)[C@@H](O)[C@H](O)[C@H]1O.CO[C@H]1O[C@H](CO)[C@H](O)[C@H](O)[C@H]1O. The first-order chi connectivity index (χ1) is 36.5. The summed E-state index contributed by atoms with van der Waals surface area (Å²) in [6.07, 6.45) is -36.1. The Morgan fingerprint density at radius 1 is 0.295 bits per heavy atom. The molecular weight excluding hydrogens is 1080 g/mol. The topological polar surface area (TPSA) is 593 Å². The van der Waals surface area contributed by atoms with Crippen LogP contribution in [0.15, 0.2) is 0 Å². The lowest BCUT2D eigenvalue weighted by molar-refractivity contribution is -0.294. The largest absolute Gasteiger partial charge is 0.479 e. The summed E-state index contributed by atoms with van der Waals surface area (Å²) >= 11 is 0. The number of ether oxygens (including phenoxy) is 12. The number of carboxylic acid groups (broad SMARTS) is 1. The molecule has 6 rings (SSSR count). The van der Waals surface area contributed by atoms with E-state index in [2.05, 4.69) is 4.74 Å². The van der Waals surface area contributed by atoms with Gasteiger partial charge in [-0.15, -0.1) is 0 Å². The molecule has 0 aromatic rings. The second-order valence-corrected chi connectivity index (χ2v) is 17.6. The van der Waals surface area contributed by atoms with Gasteiger partial charge in [0.25, 0.3) is 0 Å². The minimum Gasteiger partial charge on any atom is -0.479 e. The van der Waals surface area contributed by atoms with Crippen LogP contribution in [-0.2, 0) is 61.6 Å². The number of aliphatic carboxylic acids is 1. The molecule has 0 bridgehead atoms. The van der Waals surface area contributed by atoms with Gasteiger partial charge in [0, 0.05) is 42.7 Å². The number of methoxy groups -OCH3 is 6. The molecule has 0 aromatic carbocycles. The molecule has 36 nitrogen and oxygen atoms in total. The van der Waals surface area contributed by atoms with Crippen LogP contribution in [0.3, 0.4) is 0 Å². The summed E-state index contributed by atoms with van der Waals surface area (Å²) in [5.41, 5.74) is 0. The highest BCUT2D eigenvalue weighted by Gasteiger charge is 2.49. The molecule has 0 saturated carbocycles. The average molecular weight is 1160 g/mol. The Hall–Kier alpha value is -1.89. The van der Waals surface area contributed by atoms with E-state index in [1.54, 1.807) is 6.92 Å². The zero-order chi connectivity index (χ0) is 60.2. The molecule has 466 valence electrons. The monoisotopic (exact) mass is 1160 g/mol. The zero-order valence-electron chi connectivity index (χ0n) is 43.2.